The molecule has 2 atom stereocenters. The molecule has 25 heavy (non-hydrogen) atoms. The first-order valence-electron chi connectivity index (χ1n) is 8.65. The van der Waals surface area contributed by atoms with E-state index in [-0.39, 0.29) is 5.91 Å². The zero-order valence-corrected chi connectivity index (χ0v) is 14.4. The van der Waals surface area contributed by atoms with E-state index in [4.69, 9.17) is 4.74 Å². The average Bonchev–Trinajstić information content (AvgIpc) is 2.67. The highest BCUT2D eigenvalue weighted by molar-refractivity contribution is 5.85. The second-order valence-corrected chi connectivity index (χ2v) is 6.50. The Bertz CT molecular complexity index is 648. The highest BCUT2D eigenvalue weighted by atomic mass is 16.5. The van der Waals surface area contributed by atoms with Gasteiger partial charge < -0.3 is 19.6 Å². The van der Waals surface area contributed by atoms with Crippen LogP contribution in [0.5, 0.6) is 5.75 Å². The van der Waals surface area contributed by atoms with Gasteiger partial charge in [-0.3, -0.25) is 9.59 Å². The Hall–Kier alpha value is -2.50. The van der Waals surface area contributed by atoms with Gasteiger partial charge in [-0.25, -0.2) is 0 Å². The molecule has 6 heteroatoms. The lowest BCUT2D eigenvalue weighted by Gasteiger charge is -2.38. The molecule has 0 aromatic heterocycles. The van der Waals surface area contributed by atoms with Gasteiger partial charge in [-0.1, -0.05) is 12.2 Å². The molecule has 1 aliphatic heterocycles. The van der Waals surface area contributed by atoms with Gasteiger partial charge in [0.25, 0.3) is 0 Å². The first-order valence-corrected chi connectivity index (χ1v) is 8.65. The van der Waals surface area contributed by atoms with Crippen molar-refractivity contribution in [1.82, 2.24) is 4.90 Å². The maximum atomic E-state index is 12.8. The van der Waals surface area contributed by atoms with Crippen LogP contribution < -0.4 is 9.64 Å². The summed E-state index contributed by atoms with van der Waals surface area (Å²) in [5, 5.41) is 9.37. The number of carbonyl (C=O) groups excluding carboxylic acids is 1. The number of allylic oxidation sites excluding steroid dienone is 2. The molecular weight excluding hydrogens is 320 g/mol. The maximum Gasteiger partial charge on any atom is 0.307 e. The number of rotatable bonds is 4. The van der Waals surface area contributed by atoms with Crippen molar-refractivity contribution >= 4 is 17.6 Å². The third-order valence-corrected chi connectivity index (χ3v) is 5.10. The summed E-state index contributed by atoms with van der Waals surface area (Å²) in [6, 6.07) is 7.89. The van der Waals surface area contributed by atoms with Gasteiger partial charge in [-0.05, 0) is 37.1 Å². The standard InChI is InChI=1S/C19H24N2O4/c1-25-15-8-6-14(7-9-15)20-10-12-21(13-11-20)18(22)16-4-2-3-5-17(16)19(23)24/h2-3,6-9,16-17H,4-5,10-13H2,1H3,(H,23,24)/t16-,17+/m0/s1. The molecule has 0 spiro atoms. The van der Waals surface area contributed by atoms with Crippen molar-refractivity contribution in [1.29, 1.82) is 0 Å². The minimum atomic E-state index is -0.875. The summed E-state index contributed by atoms with van der Waals surface area (Å²) < 4.78 is 5.18. The number of nitrogens with zero attached hydrogens (tertiary/aromatic N) is 2. The molecule has 1 aliphatic carbocycles. The Morgan fingerprint density at radius 3 is 2.16 bits per heavy atom. The van der Waals surface area contributed by atoms with E-state index in [0.29, 0.717) is 25.9 Å². The van der Waals surface area contributed by atoms with Crippen LogP contribution in [0.15, 0.2) is 36.4 Å². The number of carboxylic acid groups (broad SMARTS) is 1. The molecule has 0 bridgehead atoms. The number of amides is 1. The number of benzene rings is 1. The molecule has 1 aromatic carbocycles. The summed E-state index contributed by atoms with van der Waals surface area (Å²) in [5.41, 5.74) is 1.11. The Morgan fingerprint density at radius 2 is 1.60 bits per heavy atom. The molecular formula is C19H24N2O4. The quantitative estimate of drug-likeness (QED) is 0.846. The van der Waals surface area contributed by atoms with Crippen LogP contribution in [-0.4, -0.2) is 55.2 Å². The first-order chi connectivity index (χ1) is 12.1. The van der Waals surface area contributed by atoms with Gasteiger partial charge in [0.15, 0.2) is 0 Å². The number of methoxy groups -OCH3 is 1. The fourth-order valence-electron chi connectivity index (χ4n) is 3.57. The molecule has 1 saturated heterocycles. The molecule has 3 rings (SSSR count). The summed E-state index contributed by atoms with van der Waals surface area (Å²) in [6.07, 6.45) is 4.76. The Labute approximate surface area is 147 Å². The van der Waals surface area contributed by atoms with Crippen LogP contribution in [0.4, 0.5) is 5.69 Å². The van der Waals surface area contributed by atoms with Crippen LogP contribution in [0.25, 0.3) is 0 Å². The van der Waals surface area contributed by atoms with Gasteiger partial charge in [0.1, 0.15) is 5.75 Å². The smallest absolute Gasteiger partial charge is 0.307 e. The third-order valence-electron chi connectivity index (χ3n) is 5.10. The van der Waals surface area contributed by atoms with Crippen molar-refractivity contribution in [3.63, 3.8) is 0 Å². The van der Waals surface area contributed by atoms with Crippen molar-refractivity contribution in [2.45, 2.75) is 12.8 Å². The number of carbonyl (C=O) groups is 2. The summed E-state index contributed by atoms with van der Waals surface area (Å²) in [5.74, 6) is -1.11. The van der Waals surface area contributed by atoms with Crippen molar-refractivity contribution in [3.8, 4) is 5.75 Å². The van der Waals surface area contributed by atoms with Gasteiger partial charge in [0.05, 0.1) is 18.9 Å². The van der Waals surface area contributed by atoms with Crippen molar-refractivity contribution in [3.05, 3.63) is 36.4 Å². The van der Waals surface area contributed by atoms with Crippen molar-refractivity contribution in [2.24, 2.45) is 11.8 Å². The van der Waals surface area contributed by atoms with E-state index in [1.54, 1.807) is 7.11 Å². The summed E-state index contributed by atoms with van der Waals surface area (Å²) >= 11 is 0. The normalized spacial score (nSPS) is 23.4. The number of hydrogen-bond acceptors (Lipinski definition) is 4. The molecule has 1 N–H and O–H groups in total. The Balaban J connectivity index is 1.60. The molecule has 0 saturated carbocycles. The average molecular weight is 344 g/mol. The maximum absolute atomic E-state index is 12.8. The lowest BCUT2D eigenvalue weighted by atomic mass is 9.82. The van der Waals surface area contributed by atoms with Gasteiger partial charge in [0.2, 0.25) is 5.91 Å². The Kier molecular flexibility index (Phi) is 5.26. The van der Waals surface area contributed by atoms with Crippen LogP contribution in [0, 0.1) is 11.8 Å². The van der Waals surface area contributed by atoms with E-state index >= 15 is 0 Å². The number of anilines is 1. The fourth-order valence-corrected chi connectivity index (χ4v) is 3.57. The van der Waals surface area contributed by atoms with Crippen LogP contribution in [0.2, 0.25) is 0 Å². The van der Waals surface area contributed by atoms with Gasteiger partial charge in [-0.2, -0.15) is 0 Å². The van der Waals surface area contributed by atoms with E-state index in [1.807, 2.05) is 41.3 Å². The largest absolute Gasteiger partial charge is 0.497 e. The number of aliphatic carboxylic acids is 1. The van der Waals surface area contributed by atoms with E-state index < -0.39 is 17.8 Å². The molecule has 6 nitrogen and oxygen atoms in total. The molecule has 134 valence electrons. The highest BCUT2D eigenvalue weighted by Gasteiger charge is 2.37. The monoisotopic (exact) mass is 344 g/mol. The van der Waals surface area contributed by atoms with E-state index in [9.17, 15) is 14.7 Å². The molecule has 1 amide bonds. The second kappa shape index (κ2) is 7.59. The lowest BCUT2D eigenvalue weighted by molar-refractivity contribution is -0.150. The van der Waals surface area contributed by atoms with Crippen molar-refractivity contribution in [2.75, 3.05) is 38.2 Å². The number of piperazine rings is 1. The highest BCUT2D eigenvalue weighted by Crippen LogP contribution is 2.28. The van der Waals surface area contributed by atoms with E-state index in [0.717, 1.165) is 24.5 Å². The molecule has 1 heterocycles. The first kappa shape index (κ1) is 17.3. The number of hydrogen-bond donors (Lipinski definition) is 1. The summed E-state index contributed by atoms with van der Waals surface area (Å²) in [7, 11) is 1.64. The number of carboxylic acids is 1. The van der Waals surface area contributed by atoms with Crippen molar-refractivity contribution < 1.29 is 19.4 Å². The van der Waals surface area contributed by atoms with E-state index in [1.165, 1.54) is 0 Å². The van der Waals surface area contributed by atoms with E-state index in [2.05, 4.69) is 4.90 Å². The summed E-state index contributed by atoms with van der Waals surface area (Å²) in [4.78, 5) is 28.3. The predicted octanol–water partition coefficient (Wildman–Crippen LogP) is 2.01. The number of ether oxygens (including phenoxy) is 1. The molecule has 0 radical (unpaired) electrons. The molecule has 2 aliphatic rings. The van der Waals surface area contributed by atoms with Crippen LogP contribution >= 0.6 is 0 Å². The van der Waals surface area contributed by atoms with Crippen LogP contribution in [0.1, 0.15) is 12.8 Å². The van der Waals surface area contributed by atoms with Crippen LogP contribution in [0.3, 0.4) is 0 Å². The SMILES string of the molecule is COc1ccc(N2CCN(C(=O)[C@H]3CC=CC[C@H]3C(=O)O)CC2)cc1. The zero-order valence-electron chi connectivity index (χ0n) is 14.4. The predicted molar refractivity (Wildman–Crippen MR) is 94.8 cm³/mol. The zero-order chi connectivity index (χ0) is 17.8. The third kappa shape index (κ3) is 3.78. The second-order valence-electron chi connectivity index (χ2n) is 6.50. The Morgan fingerprint density at radius 1 is 1.00 bits per heavy atom. The van der Waals surface area contributed by atoms with Gasteiger partial charge in [-0.15, -0.1) is 0 Å². The van der Waals surface area contributed by atoms with Crippen LogP contribution in [-0.2, 0) is 9.59 Å². The molecule has 0 unspecified atom stereocenters. The topological polar surface area (TPSA) is 70.1 Å². The lowest BCUT2D eigenvalue weighted by Crippen LogP contribution is -2.52. The van der Waals surface area contributed by atoms with Gasteiger partial charge >= 0.3 is 5.97 Å². The minimum absolute atomic E-state index is 0.0221. The molecule has 1 aromatic rings. The fraction of sp³-hybridized carbons (Fsp3) is 0.474. The minimum Gasteiger partial charge on any atom is -0.497 e. The molecule has 1 fully saturated rings. The van der Waals surface area contributed by atoms with Gasteiger partial charge in [0, 0.05) is 31.9 Å². The summed E-state index contributed by atoms with van der Waals surface area (Å²) in [6.45, 7) is 2.74.